The summed E-state index contributed by atoms with van der Waals surface area (Å²) in [6.07, 6.45) is 1.85. The number of rotatable bonds is 6. The Bertz CT molecular complexity index is 766. The Morgan fingerprint density at radius 1 is 1.14 bits per heavy atom. The Morgan fingerprint density at radius 3 is 2.46 bits per heavy atom. The summed E-state index contributed by atoms with van der Waals surface area (Å²) in [4.78, 5) is 20.0. The largest absolute Gasteiger partial charge is 0.357 e. The molecule has 0 bridgehead atoms. The summed E-state index contributed by atoms with van der Waals surface area (Å²) < 4.78 is 4.41. The van der Waals surface area contributed by atoms with E-state index in [0.717, 1.165) is 79.7 Å². The van der Waals surface area contributed by atoms with Crippen LogP contribution in [0.25, 0.3) is 0 Å². The van der Waals surface area contributed by atoms with E-state index >= 15 is 0 Å². The molecule has 10 heteroatoms. The number of guanidine groups is 1. The Morgan fingerprint density at radius 2 is 1.89 bits per heavy atom. The summed E-state index contributed by atoms with van der Waals surface area (Å²) in [6, 6.07) is 0. The number of aromatic nitrogens is 3. The van der Waals surface area contributed by atoms with Crippen molar-refractivity contribution in [2.24, 2.45) is 4.99 Å². The molecular weight excluding hydrogens is 505 g/mol. The predicted molar refractivity (Wildman–Crippen MR) is 130 cm³/mol. The van der Waals surface area contributed by atoms with Crippen LogP contribution in [0.5, 0.6) is 0 Å². The van der Waals surface area contributed by atoms with Crippen molar-refractivity contribution in [3.8, 4) is 0 Å². The van der Waals surface area contributed by atoms with Gasteiger partial charge in [0.05, 0.1) is 10.7 Å². The number of nitrogens with zero attached hydrogens (tertiary/aromatic N) is 6. The lowest BCUT2D eigenvalue weighted by molar-refractivity contribution is 0.372. The van der Waals surface area contributed by atoms with Gasteiger partial charge in [0.1, 0.15) is 5.82 Å². The molecule has 1 fully saturated rings. The Hall–Kier alpha value is -1.01. The molecule has 0 unspecified atom stereocenters. The van der Waals surface area contributed by atoms with Crippen LogP contribution >= 0.6 is 46.8 Å². The van der Waals surface area contributed by atoms with Crippen LogP contribution in [-0.4, -0.2) is 64.5 Å². The first kappa shape index (κ1) is 23.3. The molecule has 28 heavy (non-hydrogen) atoms. The van der Waals surface area contributed by atoms with E-state index in [-0.39, 0.29) is 24.0 Å². The molecule has 0 atom stereocenters. The zero-order valence-corrected chi connectivity index (χ0v) is 21.0. The third-order valence-corrected chi connectivity index (χ3v) is 6.51. The monoisotopic (exact) mass is 535 g/mol. The molecule has 156 valence electrons. The zero-order chi connectivity index (χ0) is 19.2. The summed E-state index contributed by atoms with van der Waals surface area (Å²) in [7, 11) is 0. The van der Waals surface area contributed by atoms with Gasteiger partial charge >= 0.3 is 0 Å². The molecule has 3 rings (SSSR count). The number of halogens is 1. The number of nitrogens with one attached hydrogen (secondary N) is 1. The van der Waals surface area contributed by atoms with Crippen LogP contribution in [0.4, 0.5) is 5.13 Å². The van der Waals surface area contributed by atoms with Crippen LogP contribution in [-0.2, 0) is 12.8 Å². The van der Waals surface area contributed by atoms with Crippen LogP contribution in [0.15, 0.2) is 4.99 Å². The molecule has 0 aromatic carbocycles. The second-order valence-corrected chi connectivity index (χ2v) is 8.57. The van der Waals surface area contributed by atoms with E-state index in [9.17, 15) is 0 Å². The lowest BCUT2D eigenvalue weighted by atomic mass is 10.3. The number of hydrogen-bond acceptors (Lipinski definition) is 7. The highest BCUT2D eigenvalue weighted by Crippen LogP contribution is 2.20. The third kappa shape index (κ3) is 5.99. The molecule has 0 spiro atoms. The molecule has 1 aliphatic rings. The lowest BCUT2D eigenvalue weighted by Gasteiger charge is -2.36. The first-order chi connectivity index (χ1) is 13.1. The van der Waals surface area contributed by atoms with E-state index in [4.69, 9.17) is 4.99 Å². The predicted octanol–water partition coefficient (Wildman–Crippen LogP) is 3.12. The number of hydrogen-bond donors (Lipinski definition) is 1. The number of aryl methyl sites for hydroxylation is 3. The first-order valence-electron chi connectivity index (χ1n) is 9.64. The Labute approximate surface area is 192 Å². The van der Waals surface area contributed by atoms with Gasteiger partial charge in [-0.05, 0) is 20.8 Å². The van der Waals surface area contributed by atoms with Crippen molar-refractivity contribution in [3.05, 3.63) is 21.4 Å². The van der Waals surface area contributed by atoms with Gasteiger partial charge in [-0.15, -0.1) is 35.3 Å². The van der Waals surface area contributed by atoms with E-state index in [0.29, 0.717) is 0 Å². The van der Waals surface area contributed by atoms with Crippen molar-refractivity contribution < 1.29 is 0 Å². The molecular formula is C18H30IN7S2. The lowest BCUT2D eigenvalue weighted by Crippen LogP contribution is -2.52. The average Bonchev–Trinajstić information content (AvgIpc) is 3.27. The second kappa shape index (κ2) is 11.2. The van der Waals surface area contributed by atoms with Gasteiger partial charge < -0.3 is 15.1 Å². The van der Waals surface area contributed by atoms with Crippen LogP contribution in [0.2, 0.25) is 0 Å². The summed E-state index contributed by atoms with van der Waals surface area (Å²) in [5.74, 6) is 1.96. The van der Waals surface area contributed by atoms with Crippen molar-refractivity contribution in [2.45, 2.75) is 40.5 Å². The van der Waals surface area contributed by atoms with Gasteiger partial charge in [0, 0.05) is 68.5 Å². The van der Waals surface area contributed by atoms with Crippen molar-refractivity contribution in [2.75, 3.05) is 44.2 Å². The summed E-state index contributed by atoms with van der Waals surface area (Å²) >= 11 is 3.29. The molecule has 3 heterocycles. The van der Waals surface area contributed by atoms with Crippen LogP contribution in [0.3, 0.4) is 0 Å². The van der Waals surface area contributed by atoms with E-state index < -0.39 is 0 Å². The van der Waals surface area contributed by atoms with E-state index in [2.05, 4.69) is 57.2 Å². The zero-order valence-electron chi connectivity index (χ0n) is 17.1. The highest BCUT2D eigenvalue weighted by Gasteiger charge is 2.22. The fourth-order valence-corrected chi connectivity index (χ4v) is 4.85. The molecule has 1 N–H and O–H groups in total. The normalized spacial score (nSPS) is 14.9. The van der Waals surface area contributed by atoms with E-state index in [1.165, 1.54) is 16.4 Å². The van der Waals surface area contributed by atoms with Crippen molar-refractivity contribution in [3.63, 3.8) is 0 Å². The van der Waals surface area contributed by atoms with Crippen molar-refractivity contribution in [1.82, 2.24) is 24.6 Å². The molecule has 1 saturated heterocycles. The maximum Gasteiger partial charge on any atom is 0.205 e. The highest BCUT2D eigenvalue weighted by atomic mass is 127. The maximum atomic E-state index is 4.86. The minimum atomic E-state index is 0. The van der Waals surface area contributed by atoms with E-state index in [1.807, 2.05) is 0 Å². The quantitative estimate of drug-likeness (QED) is 0.349. The summed E-state index contributed by atoms with van der Waals surface area (Å²) in [5, 5.41) is 5.63. The molecule has 0 amide bonds. The molecule has 0 saturated carbocycles. The van der Waals surface area contributed by atoms with Gasteiger partial charge in [-0.25, -0.2) is 9.97 Å². The number of piperazine rings is 1. The molecule has 0 radical (unpaired) electrons. The van der Waals surface area contributed by atoms with Crippen molar-refractivity contribution in [1.29, 1.82) is 0 Å². The standard InChI is InChI=1S/C18H29N7S2.HI/c1-5-16-22-18(27-23-16)25-11-9-24(10-12-25)17(19-6-2)20-8-7-15-13(3)21-14(4)26-15;/h5-12H2,1-4H3,(H,19,20);1H. The SMILES string of the molecule is CCNC(=NCCc1sc(C)nc1C)N1CCN(c2nc(CC)ns2)CC1.I. The Balaban J connectivity index is 0.00000280. The fourth-order valence-electron chi connectivity index (χ4n) is 3.12. The van der Waals surface area contributed by atoms with E-state index in [1.54, 1.807) is 11.3 Å². The van der Waals surface area contributed by atoms with Crippen LogP contribution < -0.4 is 10.2 Å². The number of thiazole rings is 1. The molecule has 7 nitrogen and oxygen atoms in total. The smallest absolute Gasteiger partial charge is 0.205 e. The average molecular weight is 536 g/mol. The summed E-state index contributed by atoms with van der Waals surface area (Å²) in [6.45, 7) is 13.9. The van der Waals surface area contributed by atoms with Crippen LogP contribution in [0, 0.1) is 13.8 Å². The molecule has 0 aliphatic carbocycles. The highest BCUT2D eigenvalue weighted by molar-refractivity contribution is 14.0. The van der Waals surface area contributed by atoms with Gasteiger partial charge in [-0.2, -0.15) is 4.37 Å². The third-order valence-electron chi connectivity index (χ3n) is 4.56. The minimum absolute atomic E-state index is 0. The second-order valence-electron chi connectivity index (χ2n) is 6.55. The molecule has 1 aliphatic heterocycles. The van der Waals surface area contributed by atoms with Gasteiger partial charge in [0.15, 0.2) is 5.96 Å². The van der Waals surface area contributed by atoms with Gasteiger partial charge in [-0.1, -0.05) is 6.92 Å². The van der Waals surface area contributed by atoms with Crippen LogP contribution in [0.1, 0.15) is 35.3 Å². The number of anilines is 1. The Kier molecular flexibility index (Phi) is 9.35. The van der Waals surface area contributed by atoms with Gasteiger partial charge in [0.2, 0.25) is 5.13 Å². The first-order valence-corrected chi connectivity index (χ1v) is 11.2. The topological polar surface area (TPSA) is 69.5 Å². The summed E-state index contributed by atoms with van der Waals surface area (Å²) in [5.41, 5.74) is 1.15. The molecule has 2 aromatic rings. The molecule has 2 aromatic heterocycles. The minimum Gasteiger partial charge on any atom is -0.357 e. The fraction of sp³-hybridized carbons (Fsp3) is 0.667. The van der Waals surface area contributed by atoms with Crippen molar-refractivity contribution >= 4 is 57.9 Å². The van der Waals surface area contributed by atoms with Gasteiger partial charge in [-0.3, -0.25) is 4.99 Å². The maximum absolute atomic E-state index is 4.86. The number of aliphatic imine (C=N–C) groups is 1. The van der Waals surface area contributed by atoms with Gasteiger partial charge in [0.25, 0.3) is 0 Å².